The highest BCUT2D eigenvalue weighted by molar-refractivity contribution is 5.68. The Morgan fingerprint density at radius 1 is 1.15 bits per heavy atom. The normalized spacial score (nSPS) is 10.9. The van der Waals surface area contributed by atoms with E-state index in [4.69, 9.17) is 9.47 Å². The highest BCUT2D eigenvalue weighted by atomic mass is 16.6. The number of non-ortho nitro benzene ring substituents is 1. The summed E-state index contributed by atoms with van der Waals surface area (Å²) in [4.78, 5) is 24.1. The third kappa shape index (κ3) is 5.47. The predicted octanol–water partition coefficient (Wildman–Crippen LogP) is 4.75. The lowest BCUT2D eigenvalue weighted by Gasteiger charge is -2.25. The molecule has 2 aromatic carbocycles. The van der Waals surface area contributed by atoms with Crippen LogP contribution in [-0.4, -0.2) is 28.6 Å². The minimum Gasteiger partial charge on any atom is -0.457 e. The number of carbonyl (C=O) groups is 1. The lowest BCUT2D eigenvalue weighted by Crippen LogP contribution is -2.33. The van der Waals surface area contributed by atoms with Crippen molar-refractivity contribution in [3.05, 3.63) is 64.2 Å². The van der Waals surface area contributed by atoms with E-state index in [0.29, 0.717) is 17.1 Å². The van der Waals surface area contributed by atoms with Gasteiger partial charge in [0.15, 0.2) is 0 Å². The molecule has 138 valence electrons. The first-order chi connectivity index (χ1) is 12.2. The summed E-state index contributed by atoms with van der Waals surface area (Å²) in [6.07, 6.45) is -0.519. The van der Waals surface area contributed by atoms with E-state index in [9.17, 15) is 14.9 Å². The molecule has 0 fully saturated rings. The predicted molar refractivity (Wildman–Crippen MR) is 97.3 cm³/mol. The van der Waals surface area contributed by atoms with Crippen LogP contribution in [-0.2, 0) is 11.3 Å². The Kier molecular flexibility index (Phi) is 5.82. The number of nitro benzene ring substituents is 1. The number of benzene rings is 2. The molecule has 0 aliphatic rings. The van der Waals surface area contributed by atoms with Crippen molar-refractivity contribution in [3.8, 4) is 11.5 Å². The lowest BCUT2D eigenvalue weighted by molar-refractivity contribution is -0.384. The first-order valence-electron chi connectivity index (χ1n) is 8.10. The van der Waals surface area contributed by atoms with Crippen LogP contribution in [0.1, 0.15) is 26.3 Å². The van der Waals surface area contributed by atoms with Gasteiger partial charge in [0.25, 0.3) is 5.69 Å². The fourth-order valence-electron chi connectivity index (χ4n) is 2.18. The molecule has 0 aliphatic carbocycles. The van der Waals surface area contributed by atoms with Crippen LogP contribution in [0, 0.1) is 10.1 Å². The van der Waals surface area contributed by atoms with E-state index in [-0.39, 0.29) is 12.2 Å². The molecule has 0 unspecified atom stereocenters. The molecule has 0 heterocycles. The van der Waals surface area contributed by atoms with Crippen LogP contribution in [0.3, 0.4) is 0 Å². The number of hydrogen-bond acceptors (Lipinski definition) is 5. The number of carbonyl (C=O) groups excluding carboxylic acids is 1. The van der Waals surface area contributed by atoms with Gasteiger partial charge in [0.05, 0.1) is 11.5 Å². The average molecular weight is 358 g/mol. The molecule has 0 spiro atoms. The number of ether oxygens (including phenoxy) is 2. The van der Waals surface area contributed by atoms with Gasteiger partial charge in [-0.1, -0.05) is 18.2 Å². The quantitative estimate of drug-likeness (QED) is 0.569. The number of nitro groups is 1. The van der Waals surface area contributed by atoms with Crippen molar-refractivity contribution in [3.63, 3.8) is 0 Å². The number of rotatable bonds is 5. The van der Waals surface area contributed by atoms with Crippen LogP contribution in [0.5, 0.6) is 11.5 Å². The number of para-hydroxylation sites is 1. The standard InChI is InChI=1S/C19H22N2O5/c1-19(2,3)26-18(22)20(4)13-14-12-15(21(23)24)10-11-17(14)25-16-8-6-5-7-9-16/h5-12H,13H2,1-4H3. The molecule has 2 aromatic rings. The zero-order chi connectivity index (χ0) is 19.3. The maximum atomic E-state index is 12.2. The van der Waals surface area contributed by atoms with Crippen molar-refractivity contribution in [2.75, 3.05) is 7.05 Å². The largest absolute Gasteiger partial charge is 0.457 e. The maximum Gasteiger partial charge on any atom is 0.410 e. The molecule has 0 atom stereocenters. The van der Waals surface area contributed by atoms with Gasteiger partial charge in [0.2, 0.25) is 0 Å². The van der Waals surface area contributed by atoms with Crippen LogP contribution < -0.4 is 4.74 Å². The zero-order valence-corrected chi connectivity index (χ0v) is 15.3. The second kappa shape index (κ2) is 7.86. The molecular formula is C19H22N2O5. The molecule has 26 heavy (non-hydrogen) atoms. The Morgan fingerprint density at radius 2 is 1.81 bits per heavy atom. The van der Waals surface area contributed by atoms with Crippen LogP contribution >= 0.6 is 0 Å². The van der Waals surface area contributed by atoms with Gasteiger partial charge in [-0.25, -0.2) is 4.79 Å². The first kappa shape index (κ1) is 19.2. The SMILES string of the molecule is CN(Cc1cc([N+](=O)[O-])ccc1Oc1ccccc1)C(=O)OC(C)(C)C. The fraction of sp³-hybridized carbons (Fsp3) is 0.316. The highest BCUT2D eigenvalue weighted by Crippen LogP contribution is 2.29. The molecule has 0 bridgehead atoms. The van der Waals surface area contributed by atoms with Crippen LogP contribution in [0.25, 0.3) is 0 Å². The van der Waals surface area contributed by atoms with E-state index in [2.05, 4.69) is 0 Å². The molecule has 7 nitrogen and oxygen atoms in total. The second-order valence-corrected chi connectivity index (χ2v) is 6.80. The molecule has 7 heteroatoms. The molecule has 0 saturated carbocycles. The van der Waals surface area contributed by atoms with Gasteiger partial charge in [-0.15, -0.1) is 0 Å². The Bertz CT molecular complexity index is 784. The van der Waals surface area contributed by atoms with E-state index < -0.39 is 16.6 Å². The summed E-state index contributed by atoms with van der Waals surface area (Å²) in [5.41, 5.74) is -0.188. The fourth-order valence-corrected chi connectivity index (χ4v) is 2.18. The van der Waals surface area contributed by atoms with Gasteiger partial charge in [0, 0.05) is 24.7 Å². The molecule has 2 rings (SSSR count). The Balaban J connectivity index is 2.27. The average Bonchev–Trinajstić information content (AvgIpc) is 2.55. The van der Waals surface area contributed by atoms with E-state index in [1.807, 2.05) is 18.2 Å². The Hall–Kier alpha value is -3.09. The van der Waals surface area contributed by atoms with Gasteiger partial charge < -0.3 is 14.4 Å². The molecule has 1 amide bonds. The second-order valence-electron chi connectivity index (χ2n) is 6.80. The number of hydrogen-bond donors (Lipinski definition) is 0. The summed E-state index contributed by atoms with van der Waals surface area (Å²) in [5.74, 6) is 1.04. The monoisotopic (exact) mass is 358 g/mol. The minimum atomic E-state index is -0.628. The summed E-state index contributed by atoms with van der Waals surface area (Å²) in [5, 5.41) is 11.1. The minimum absolute atomic E-state index is 0.0713. The molecule has 0 aliphatic heterocycles. The molecular weight excluding hydrogens is 336 g/mol. The molecule has 0 aromatic heterocycles. The van der Waals surface area contributed by atoms with Crippen molar-refractivity contribution in [2.45, 2.75) is 32.9 Å². The number of amides is 1. The molecule has 0 radical (unpaired) electrons. The van der Waals surface area contributed by atoms with Gasteiger partial charge in [-0.3, -0.25) is 10.1 Å². The van der Waals surface area contributed by atoms with Crippen molar-refractivity contribution in [1.82, 2.24) is 4.90 Å². The summed E-state index contributed by atoms with van der Waals surface area (Å²) < 4.78 is 11.1. The molecule has 0 N–H and O–H groups in total. The van der Waals surface area contributed by atoms with Gasteiger partial charge in [0.1, 0.15) is 17.1 Å². The molecule has 0 saturated heterocycles. The maximum absolute atomic E-state index is 12.2. The number of nitrogens with zero attached hydrogens (tertiary/aromatic N) is 2. The third-order valence-electron chi connectivity index (χ3n) is 3.34. The summed E-state index contributed by atoms with van der Waals surface area (Å²) in [6, 6.07) is 13.4. The third-order valence-corrected chi connectivity index (χ3v) is 3.34. The Morgan fingerprint density at radius 3 is 2.38 bits per heavy atom. The van der Waals surface area contributed by atoms with Gasteiger partial charge in [-0.05, 0) is 39.0 Å². The smallest absolute Gasteiger partial charge is 0.410 e. The van der Waals surface area contributed by atoms with E-state index >= 15 is 0 Å². The van der Waals surface area contributed by atoms with E-state index in [1.165, 1.54) is 23.1 Å². The van der Waals surface area contributed by atoms with Crippen molar-refractivity contribution >= 4 is 11.8 Å². The van der Waals surface area contributed by atoms with Crippen molar-refractivity contribution in [2.24, 2.45) is 0 Å². The topological polar surface area (TPSA) is 81.9 Å². The lowest BCUT2D eigenvalue weighted by atomic mass is 10.1. The van der Waals surface area contributed by atoms with Crippen LogP contribution in [0.4, 0.5) is 10.5 Å². The first-order valence-corrected chi connectivity index (χ1v) is 8.10. The van der Waals surface area contributed by atoms with Crippen molar-refractivity contribution < 1.29 is 19.2 Å². The summed E-state index contributed by atoms with van der Waals surface area (Å²) >= 11 is 0. The zero-order valence-electron chi connectivity index (χ0n) is 15.3. The van der Waals surface area contributed by atoms with Crippen LogP contribution in [0.15, 0.2) is 48.5 Å². The van der Waals surface area contributed by atoms with Gasteiger partial charge in [-0.2, -0.15) is 0 Å². The van der Waals surface area contributed by atoms with Crippen molar-refractivity contribution in [1.29, 1.82) is 0 Å². The summed E-state index contributed by atoms with van der Waals surface area (Å²) in [6.45, 7) is 5.43. The van der Waals surface area contributed by atoms with Crippen LogP contribution in [0.2, 0.25) is 0 Å². The van der Waals surface area contributed by atoms with E-state index in [0.717, 1.165) is 0 Å². The van der Waals surface area contributed by atoms with Gasteiger partial charge >= 0.3 is 6.09 Å². The summed E-state index contributed by atoms with van der Waals surface area (Å²) in [7, 11) is 1.57. The van der Waals surface area contributed by atoms with E-state index in [1.54, 1.807) is 40.0 Å². The highest BCUT2D eigenvalue weighted by Gasteiger charge is 2.22. The Labute approximate surface area is 152 Å².